The molecule has 47 heavy (non-hydrogen) atoms. The summed E-state index contributed by atoms with van der Waals surface area (Å²) in [6.07, 6.45) is 3.24. The molecule has 0 aromatic heterocycles. The summed E-state index contributed by atoms with van der Waals surface area (Å²) in [7, 11) is 1.55. The highest BCUT2D eigenvalue weighted by Crippen LogP contribution is 2.33. The van der Waals surface area contributed by atoms with Gasteiger partial charge in [-0.05, 0) is 53.8 Å². The van der Waals surface area contributed by atoms with Gasteiger partial charge in [-0.15, -0.1) is 0 Å². The second-order valence-electron chi connectivity index (χ2n) is 11.2. The normalized spacial score (nSPS) is 13.1. The molecular formula is C38H44N2O7. The molecule has 0 fully saturated rings. The van der Waals surface area contributed by atoms with Crippen LogP contribution in [0.15, 0.2) is 116 Å². The first-order valence-corrected chi connectivity index (χ1v) is 15.4. The van der Waals surface area contributed by atoms with Crippen molar-refractivity contribution in [3.63, 3.8) is 0 Å². The van der Waals surface area contributed by atoms with E-state index in [1.54, 1.807) is 66.6 Å². The number of hydrogen-bond donors (Lipinski definition) is 2. The van der Waals surface area contributed by atoms with Gasteiger partial charge in [-0.25, -0.2) is 9.59 Å². The minimum Gasteiger partial charge on any atom is -0.497 e. The number of nitrogens with zero attached hydrogens (tertiary/aromatic N) is 1. The molecule has 0 aliphatic rings. The van der Waals surface area contributed by atoms with Gasteiger partial charge in [0.25, 0.3) is 5.91 Å². The number of hydrogen-bond acceptors (Lipinski definition) is 8. The molecule has 0 radical (unpaired) electrons. The molecule has 3 atom stereocenters. The summed E-state index contributed by atoms with van der Waals surface area (Å²) in [4.78, 5) is 42.0. The molecule has 9 heteroatoms. The van der Waals surface area contributed by atoms with E-state index in [9.17, 15) is 19.5 Å². The lowest BCUT2D eigenvalue weighted by Gasteiger charge is -2.37. The predicted octanol–water partition coefficient (Wildman–Crippen LogP) is 5.68. The Balaban J connectivity index is 2.14. The topological polar surface area (TPSA) is 114 Å². The first kappa shape index (κ1) is 36.3. The smallest absolute Gasteiger partial charge is 0.336 e. The van der Waals surface area contributed by atoms with Crippen molar-refractivity contribution in [2.45, 2.75) is 38.5 Å². The minimum atomic E-state index is -1.69. The van der Waals surface area contributed by atoms with Crippen molar-refractivity contribution in [2.75, 3.05) is 31.8 Å². The van der Waals surface area contributed by atoms with E-state index in [2.05, 4.69) is 18.5 Å². The van der Waals surface area contributed by atoms with Gasteiger partial charge in [0.1, 0.15) is 25.0 Å². The summed E-state index contributed by atoms with van der Waals surface area (Å²) >= 11 is 0. The van der Waals surface area contributed by atoms with E-state index in [1.165, 1.54) is 12.2 Å². The maximum atomic E-state index is 13.9. The average molecular weight is 641 g/mol. The summed E-state index contributed by atoms with van der Waals surface area (Å²) in [5.74, 6) is -1.34. The molecule has 248 valence electrons. The van der Waals surface area contributed by atoms with Crippen LogP contribution in [-0.2, 0) is 23.9 Å². The zero-order valence-corrected chi connectivity index (χ0v) is 27.2. The molecule has 0 unspecified atom stereocenters. The van der Waals surface area contributed by atoms with E-state index in [0.717, 1.165) is 5.56 Å². The second kappa shape index (κ2) is 18.7. The van der Waals surface area contributed by atoms with E-state index >= 15 is 0 Å². The molecular weight excluding hydrogens is 596 g/mol. The largest absolute Gasteiger partial charge is 0.497 e. The molecule has 3 aromatic carbocycles. The van der Waals surface area contributed by atoms with Gasteiger partial charge in [0, 0.05) is 5.69 Å². The number of esters is 2. The highest BCUT2D eigenvalue weighted by molar-refractivity contribution is 5.95. The van der Waals surface area contributed by atoms with Crippen molar-refractivity contribution in [1.82, 2.24) is 5.32 Å². The Bertz CT molecular complexity index is 1490. The molecule has 0 heterocycles. The first-order valence-electron chi connectivity index (χ1n) is 15.4. The van der Waals surface area contributed by atoms with Crippen LogP contribution in [0.25, 0.3) is 6.08 Å². The van der Waals surface area contributed by atoms with Crippen LogP contribution in [0.1, 0.15) is 37.4 Å². The molecule has 0 saturated heterocycles. The Morgan fingerprint density at radius 2 is 1.47 bits per heavy atom. The summed E-state index contributed by atoms with van der Waals surface area (Å²) < 4.78 is 16.1. The average Bonchev–Trinajstić information content (AvgIpc) is 3.09. The number of anilines is 1. The van der Waals surface area contributed by atoms with Crippen molar-refractivity contribution in [2.24, 2.45) is 5.92 Å². The SMILES string of the molecule is C=CCOC(=O)/C(=C\c1ccccc1)CN(c1ccc(OC)cc1)[C@@H](c1ccccc1)[C@H](O)C(=O)N[C@@H](CC(C)C)C(=O)OCC=C. The molecule has 0 aliphatic heterocycles. The third kappa shape index (κ3) is 11.0. The summed E-state index contributed by atoms with van der Waals surface area (Å²) in [6, 6.07) is 23.4. The number of benzene rings is 3. The van der Waals surface area contributed by atoms with Crippen molar-refractivity contribution < 1.29 is 33.7 Å². The van der Waals surface area contributed by atoms with Crippen LogP contribution >= 0.6 is 0 Å². The molecule has 3 aromatic rings. The van der Waals surface area contributed by atoms with Crippen LogP contribution in [0.2, 0.25) is 0 Å². The van der Waals surface area contributed by atoms with E-state index in [4.69, 9.17) is 14.2 Å². The van der Waals surface area contributed by atoms with Gasteiger partial charge in [-0.3, -0.25) is 4.79 Å². The molecule has 0 aliphatic carbocycles. The van der Waals surface area contributed by atoms with E-state index in [1.807, 2.05) is 50.2 Å². The van der Waals surface area contributed by atoms with Crippen molar-refractivity contribution >= 4 is 29.6 Å². The summed E-state index contributed by atoms with van der Waals surface area (Å²) in [5.41, 5.74) is 2.22. The molecule has 9 nitrogen and oxygen atoms in total. The number of aliphatic hydroxyl groups excluding tert-OH is 1. The predicted molar refractivity (Wildman–Crippen MR) is 184 cm³/mol. The number of rotatable bonds is 18. The number of aliphatic hydroxyl groups is 1. The van der Waals surface area contributed by atoms with Crippen molar-refractivity contribution in [3.8, 4) is 5.75 Å². The number of ether oxygens (including phenoxy) is 3. The third-order valence-corrected chi connectivity index (χ3v) is 7.18. The molecule has 2 N–H and O–H groups in total. The van der Waals surface area contributed by atoms with Crippen LogP contribution in [0.4, 0.5) is 5.69 Å². The molecule has 1 amide bonds. The number of nitrogens with one attached hydrogen (secondary N) is 1. The third-order valence-electron chi connectivity index (χ3n) is 7.18. The Labute approximate surface area is 277 Å². The number of methoxy groups -OCH3 is 1. The van der Waals surface area contributed by atoms with Gasteiger partial charge < -0.3 is 29.5 Å². The highest BCUT2D eigenvalue weighted by atomic mass is 16.5. The quantitative estimate of drug-likeness (QED) is 0.104. The standard InChI is InChI=1S/C38H44N2O7/c1-6-22-46-37(43)30(25-28-14-10-8-11-15-28)26-40(31-18-20-32(45-5)21-19-31)34(29-16-12-9-13-17-29)35(41)36(42)39-33(24-27(3)4)38(44)47-23-7-2/h6-21,25,27,33-35,41H,1-2,22-24,26H2,3-5H3,(H,39,42)/b30-25-/t33-,34-,35-/m0/s1. The fourth-order valence-electron chi connectivity index (χ4n) is 4.96. The van der Waals surface area contributed by atoms with Crippen LogP contribution < -0.4 is 15.0 Å². The first-order chi connectivity index (χ1) is 22.7. The van der Waals surface area contributed by atoms with Crippen LogP contribution in [-0.4, -0.2) is 62.0 Å². The lowest BCUT2D eigenvalue weighted by atomic mass is 9.96. The van der Waals surface area contributed by atoms with E-state index in [0.29, 0.717) is 23.4 Å². The monoisotopic (exact) mass is 640 g/mol. The van der Waals surface area contributed by atoms with Gasteiger partial charge in [0.05, 0.1) is 25.3 Å². The lowest BCUT2D eigenvalue weighted by molar-refractivity contribution is -0.148. The minimum absolute atomic E-state index is 0.000162. The van der Waals surface area contributed by atoms with Gasteiger partial charge in [-0.1, -0.05) is 99.8 Å². The van der Waals surface area contributed by atoms with Crippen LogP contribution in [0.3, 0.4) is 0 Å². The lowest BCUT2D eigenvalue weighted by Crippen LogP contribution is -2.51. The summed E-state index contributed by atoms with van der Waals surface area (Å²) in [6.45, 7) is 11.0. The van der Waals surface area contributed by atoms with Gasteiger partial charge >= 0.3 is 11.9 Å². The number of amides is 1. The summed E-state index contributed by atoms with van der Waals surface area (Å²) in [5, 5.41) is 14.6. The Morgan fingerprint density at radius 3 is 2.04 bits per heavy atom. The van der Waals surface area contributed by atoms with Crippen molar-refractivity contribution in [1.29, 1.82) is 0 Å². The zero-order chi connectivity index (χ0) is 34.2. The van der Waals surface area contributed by atoms with Crippen LogP contribution in [0, 0.1) is 5.92 Å². The molecule has 0 spiro atoms. The van der Waals surface area contributed by atoms with Gasteiger partial charge in [-0.2, -0.15) is 0 Å². The second-order valence-corrected chi connectivity index (χ2v) is 11.2. The highest BCUT2D eigenvalue weighted by Gasteiger charge is 2.36. The maximum Gasteiger partial charge on any atom is 0.336 e. The van der Waals surface area contributed by atoms with Gasteiger partial charge in [0.2, 0.25) is 0 Å². The van der Waals surface area contributed by atoms with Gasteiger partial charge in [0.15, 0.2) is 6.10 Å². The van der Waals surface area contributed by atoms with E-state index in [-0.39, 0.29) is 31.2 Å². The molecule has 0 saturated carbocycles. The molecule has 0 bridgehead atoms. The van der Waals surface area contributed by atoms with E-state index < -0.39 is 36.0 Å². The zero-order valence-electron chi connectivity index (χ0n) is 27.2. The Morgan fingerprint density at radius 1 is 0.872 bits per heavy atom. The molecule has 3 rings (SSSR count). The number of carbonyl (C=O) groups is 3. The fourth-order valence-corrected chi connectivity index (χ4v) is 4.96. The fraction of sp³-hybridized carbons (Fsp3) is 0.289. The van der Waals surface area contributed by atoms with Crippen LogP contribution in [0.5, 0.6) is 5.75 Å². The maximum absolute atomic E-state index is 13.9. The van der Waals surface area contributed by atoms with Crippen molar-refractivity contribution in [3.05, 3.63) is 127 Å². The Hall–Kier alpha value is -5.15. The number of carbonyl (C=O) groups excluding carboxylic acids is 3. The Kier molecular flexibility index (Phi) is 14.5.